The van der Waals surface area contributed by atoms with Crippen molar-refractivity contribution in [3.05, 3.63) is 28.0 Å². The summed E-state index contributed by atoms with van der Waals surface area (Å²) in [5.41, 5.74) is 7.17. The first kappa shape index (κ1) is 9.96. The van der Waals surface area contributed by atoms with Gasteiger partial charge in [0.05, 0.1) is 0 Å². The van der Waals surface area contributed by atoms with Gasteiger partial charge in [-0.25, -0.2) is 0 Å². The molecule has 0 spiro atoms. The van der Waals surface area contributed by atoms with E-state index in [4.69, 9.17) is 11.0 Å². The maximum absolute atomic E-state index is 8.84. The van der Waals surface area contributed by atoms with Crippen molar-refractivity contribution in [2.24, 2.45) is 0 Å². The highest BCUT2D eigenvalue weighted by Crippen LogP contribution is 2.26. The average molecular weight is 236 g/mol. The molecule has 0 saturated carbocycles. The molecule has 0 fully saturated rings. The lowest BCUT2D eigenvalue weighted by atomic mass is 10.3. The third-order valence-electron chi connectivity index (χ3n) is 1.86. The van der Waals surface area contributed by atoms with E-state index >= 15 is 0 Å². The quantitative estimate of drug-likeness (QED) is 0.857. The van der Waals surface area contributed by atoms with Crippen molar-refractivity contribution in [3.63, 3.8) is 0 Å². The van der Waals surface area contributed by atoms with Gasteiger partial charge in [0.2, 0.25) is 0 Å². The molecule has 0 aliphatic carbocycles. The molecule has 2 aromatic heterocycles. The van der Waals surface area contributed by atoms with Crippen LogP contribution < -0.4 is 11.1 Å². The number of nitrogens with zero attached hydrogens (tertiary/aromatic N) is 2. The molecule has 0 radical (unpaired) electrons. The van der Waals surface area contributed by atoms with E-state index in [1.165, 1.54) is 17.1 Å². The summed E-state index contributed by atoms with van der Waals surface area (Å²) < 4.78 is 3.92. The minimum absolute atomic E-state index is 0.301. The Bertz CT molecular complexity index is 481. The number of hydrogen-bond acceptors (Lipinski definition) is 6. The largest absolute Gasteiger partial charge is 0.382 e. The molecule has 0 unspecified atom stereocenters. The number of nitrogens with one attached hydrogen (secondary N) is 1. The number of hydrogen-bond donors (Lipinski definition) is 2. The topological polar surface area (TPSA) is 74.7 Å². The summed E-state index contributed by atoms with van der Waals surface area (Å²) >= 11 is 2.87. The fraction of sp³-hybridized carbons (Fsp3) is 0.111. The lowest BCUT2D eigenvalue weighted by Gasteiger charge is -2.00. The predicted molar refractivity (Wildman–Crippen MR) is 62.9 cm³/mol. The summed E-state index contributed by atoms with van der Waals surface area (Å²) in [6.45, 7) is 0.694. The molecular weight excluding hydrogens is 228 g/mol. The second-order valence-electron chi connectivity index (χ2n) is 2.87. The van der Waals surface area contributed by atoms with Gasteiger partial charge in [-0.3, -0.25) is 0 Å². The smallest absolute Gasteiger partial charge is 0.157 e. The van der Waals surface area contributed by atoms with E-state index in [0.29, 0.717) is 17.9 Å². The number of nitrogen functional groups attached to an aromatic ring is 1. The molecule has 0 saturated heterocycles. The molecule has 2 heterocycles. The number of thiophene rings is 1. The molecule has 0 bridgehead atoms. The van der Waals surface area contributed by atoms with Crippen LogP contribution in [0, 0.1) is 11.3 Å². The fourth-order valence-corrected chi connectivity index (χ4v) is 2.43. The highest BCUT2D eigenvalue weighted by molar-refractivity contribution is 7.10. The van der Waals surface area contributed by atoms with Crippen molar-refractivity contribution in [3.8, 4) is 6.07 Å². The lowest BCUT2D eigenvalue weighted by molar-refractivity contribution is 1.17. The Labute approximate surface area is 95.1 Å². The van der Waals surface area contributed by atoms with Crippen LogP contribution in [-0.4, -0.2) is 4.37 Å². The molecule has 6 heteroatoms. The summed E-state index contributed by atoms with van der Waals surface area (Å²) in [7, 11) is 0. The maximum atomic E-state index is 8.84. The summed E-state index contributed by atoms with van der Waals surface area (Å²) in [5, 5.41) is 16.8. The van der Waals surface area contributed by atoms with Crippen LogP contribution in [-0.2, 0) is 6.54 Å². The molecule has 0 aliphatic rings. The van der Waals surface area contributed by atoms with E-state index in [9.17, 15) is 0 Å². The molecule has 0 aliphatic heterocycles. The molecule has 2 aromatic rings. The minimum atomic E-state index is 0.301. The highest BCUT2D eigenvalue weighted by Gasteiger charge is 2.09. The number of rotatable bonds is 3. The number of nitrogens with two attached hydrogens (primary N) is 1. The molecule has 76 valence electrons. The van der Waals surface area contributed by atoms with Crippen molar-refractivity contribution < 1.29 is 0 Å². The Morgan fingerprint density at radius 1 is 1.60 bits per heavy atom. The SMILES string of the molecule is N#Cc1c(N)nsc1NCc1ccsc1. The first-order chi connectivity index (χ1) is 7.31. The van der Waals surface area contributed by atoms with Crippen molar-refractivity contribution in [2.75, 3.05) is 11.1 Å². The average Bonchev–Trinajstić information content (AvgIpc) is 2.84. The maximum Gasteiger partial charge on any atom is 0.157 e. The predicted octanol–water partition coefficient (Wildman–Crippen LogP) is 2.27. The van der Waals surface area contributed by atoms with Crippen LogP contribution in [0.15, 0.2) is 16.8 Å². The second kappa shape index (κ2) is 4.29. The van der Waals surface area contributed by atoms with Gasteiger partial charge in [0.1, 0.15) is 16.6 Å². The Morgan fingerprint density at radius 2 is 2.47 bits per heavy atom. The van der Waals surface area contributed by atoms with Crippen LogP contribution in [0.1, 0.15) is 11.1 Å². The first-order valence-electron chi connectivity index (χ1n) is 4.21. The van der Waals surface area contributed by atoms with Gasteiger partial charge in [-0.05, 0) is 33.9 Å². The Kier molecular flexibility index (Phi) is 2.85. The van der Waals surface area contributed by atoms with Crippen molar-refractivity contribution in [1.82, 2.24) is 4.37 Å². The zero-order valence-electron chi connectivity index (χ0n) is 7.73. The van der Waals surface area contributed by atoms with Crippen LogP contribution in [0.3, 0.4) is 0 Å². The van der Waals surface area contributed by atoms with Gasteiger partial charge in [0.15, 0.2) is 5.82 Å². The fourth-order valence-electron chi connectivity index (χ4n) is 1.11. The molecular formula is C9H8N4S2. The van der Waals surface area contributed by atoms with E-state index in [0.717, 1.165) is 5.00 Å². The molecule has 4 nitrogen and oxygen atoms in total. The number of nitriles is 1. The van der Waals surface area contributed by atoms with Crippen LogP contribution in [0.2, 0.25) is 0 Å². The zero-order valence-corrected chi connectivity index (χ0v) is 9.36. The molecule has 2 rings (SSSR count). The lowest BCUT2D eigenvalue weighted by Crippen LogP contribution is -1.98. The Balaban J connectivity index is 2.09. The monoisotopic (exact) mass is 236 g/mol. The van der Waals surface area contributed by atoms with Gasteiger partial charge in [-0.2, -0.15) is 21.0 Å². The van der Waals surface area contributed by atoms with Crippen molar-refractivity contribution >= 4 is 33.7 Å². The number of aromatic nitrogens is 1. The number of anilines is 2. The van der Waals surface area contributed by atoms with Gasteiger partial charge < -0.3 is 11.1 Å². The van der Waals surface area contributed by atoms with Gasteiger partial charge in [-0.15, -0.1) is 0 Å². The molecule has 0 atom stereocenters. The standard InChI is InChI=1S/C9H8N4S2/c10-3-7-8(11)13-15-9(7)12-4-6-1-2-14-5-6/h1-2,5,12H,4H2,(H2,11,13). The van der Waals surface area contributed by atoms with Crippen LogP contribution in [0.5, 0.6) is 0 Å². The molecule has 0 aromatic carbocycles. The summed E-state index contributed by atoms with van der Waals surface area (Å²) in [6, 6.07) is 4.07. The van der Waals surface area contributed by atoms with E-state index < -0.39 is 0 Å². The third kappa shape index (κ3) is 2.09. The van der Waals surface area contributed by atoms with Gasteiger partial charge in [0, 0.05) is 6.54 Å². The van der Waals surface area contributed by atoms with Crippen molar-refractivity contribution in [2.45, 2.75) is 6.54 Å². The molecule has 0 amide bonds. The Morgan fingerprint density at radius 3 is 3.13 bits per heavy atom. The highest BCUT2D eigenvalue weighted by atomic mass is 32.1. The van der Waals surface area contributed by atoms with E-state index in [1.54, 1.807) is 11.3 Å². The summed E-state index contributed by atoms with van der Waals surface area (Å²) in [6.07, 6.45) is 0. The van der Waals surface area contributed by atoms with Crippen LogP contribution >= 0.6 is 22.9 Å². The van der Waals surface area contributed by atoms with E-state index in [-0.39, 0.29) is 0 Å². The molecule has 15 heavy (non-hydrogen) atoms. The first-order valence-corrected chi connectivity index (χ1v) is 5.93. The summed E-state index contributed by atoms with van der Waals surface area (Å²) in [5.74, 6) is 0.301. The molecule has 3 N–H and O–H groups in total. The van der Waals surface area contributed by atoms with Crippen molar-refractivity contribution in [1.29, 1.82) is 5.26 Å². The normalized spacial score (nSPS) is 9.80. The summed E-state index contributed by atoms with van der Waals surface area (Å²) in [4.78, 5) is 0. The zero-order chi connectivity index (χ0) is 10.7. The third-order valence-corrected chi connectivity index (χ3v) is 3.41. The van der Waals surface area contributed by atoms with E-state index in [1.807, 2.05) is 17.5 Å². The van der Waals surface area contributed by atoms with E-state index in [2.05, 4.69) is 15.1 Å². The van der Waals surface area contributed by atoms with Gasteiger partial charge in [0.25, 0.3) is 0 Å². The van der Waals surface area contributed by atoms with Crippen LogP contribution in [0.25, 0.3) is 0 Å². The minimum Gasteiger partial charge on any atom is -0.382 e. The Hall–Kier alpha value is -1.58. The van der Waals surface area contributed by atoms with Crippen LogP contribution in [0.4, 0.5) is 10.8 Å². The second-order valence-corrected chi connectivity index (χ2v) is 4.42. The van der Waals surface area contributed by atoms with Gasteiger partial charge >= 0.3 is 0 Å². The van der Waals surface area contributed by atoms with Gasteiger partial charge in [-0.1, -0.05) is 0 Å².